The summed E-state index contributed by atoms with van der Waals surface area (Å²) in [6.07, 6.45) is 0.340. The number of nitrogens with zero attached hydrogens (tertiary/aromatic N) is 1. The standard InChI is InChI=1S/C16H11BrClNO2/c17-12-6-5-10(9-13(12)18)16(21)19-8-7-15(20)11-3-1-2-4-14(11)19/h1-6,9H,7-8H2. The maximum Gasteiger partial charge on any atom is 0.258 e. The van der Waals surface area contributed by atoms with Gasteiger partial charge in [0, 0.05) is 28.6 Å². The van der Waals surface area contributed by atoms with Crippen LogP contribution >= 0.6 is 27.5 Å². The average Bonchev–Trinajstić information content (AvgIpc) is 2.50. The van der Waals surface area contributed by atoms with Gasteiger partial charge in [0.05, 0.1) is 10.7 Å². The van der Waals surface area contributed by atoms with Crippen LogP contribution in [0.15, 0.2) is 46.9 Å². The predicted molar refractivity (Wildman–Crippen MR) is 86.2 cm³/mol. The second-order valence-corrected chi connectivity index (χ2v) is 6.04. The smallest absolute Gasteiger partial charge is 0.258 e. The Hall–Kier alpha value is -1.65. The van der Waals surface area contributed by atoms with Gasteiger partial charge in [-0.3, -0.25) is 9.59 Å². The van der Waals surface area contributed by atoms with Crippen LogP contribution in [-0.2, 0) is 0 Å². The molecule has 2 aromatic carbocycles. The van der Waals surface area contributed by atoms with E-state index in [1.54, 1.807) is 41.3 Å². The van der Waals surface area contributed by atoms with Crippen molar-refractivity contribution in [2.24, 2.45) is 0 Å². The van der Waals surface area contributed by atoms with E-state index in [0.717, 1.165) is 4.47 Å². The first-order valence-electron chi connectivity index (χ1n) is 6.47. The Morgan fingerprint density at radius 2 is 1.95 bits per heavy atom. The molecule has 21 heavy (non-hydrogen) atoms. The largest absolute Gasteiger partial charge is 0.307 e. The van der Waals surface area contributed by atoms with Crippen LogP contribution in [0, 0.1) is 0 Å². The maximum absolute atomic E-state index is 12.7. The lowest BCUT2D eigenvalue weighted by Crippen LogP contribution is -2.37. The van der Waals surface area contributed by atoms with E-state index >= 15 is 0 Å². The van der Waals surface area contributed by atoms with Crippen LogP contribution < -0.4 is 4.90 Å². The monoisotopic (exact) mass is 363 g/mol. The van der Waals surface area contributed by atoms with Crippen LogP contribution in [0.25, 0.3) is 0 Å². The van der Waals surface area contributed by atoms with E-state index in [1.165, 1.54) is 0 Å². The van der Waals surface area contributed by atoms with Gasteiger partial charge in [-0.15, -0.1) is 0 Å². The first-order valence-corrected chi connectivity index (χ1v) is 7.64. The highest BCUT2D eigenvalue weighted by Crippen LogP contribution is 2.29. The van der Waals surface area contributed by atoms with Gasteiger partial charge in [0.15, 0.2) is 5.78 Å². The number of ketones is 1. The summed E-state index contributed by atoms with van der Waals surface area (Å²) in [6.45, 7) is 0.391. The lowest BCUT2D eigenvalue weighted by atomic mass is 9.99. The molecule has 0 aliphatic carbocycles. The van der Waals surface area contributed by atoms with Crippen molar-refractivity contribution in [3.05, 3.63) is 63.1 Å². The molecule has 0 spiro atoms. The van der Waals surface area contributed by atoms with Crippen LogP contribution in [0.5, 0.6) is 0 Å². The van der Waals surface area contributed by atoms with Gasteiger partial charge in [0.1, 0.15) is 0 Å². The van der Waals surface area contributed by atoms with E-state index in [2.05, 4.69) is 15.9 Å². The number of carbonyl (C=O) groups is 2. The van der Waals surface area contributed by atoms with Crippen molar-refractivity contribution >= 4 is 44.9 Å². The SMILES string of the molecule is O=C1CCN(C(=O)c2ccc(Br)c(Cl)c2)c2ccccc21. The minimum atomic E-state index is -0.149. The number of benzene rings is 2. The summed E-state index contributed by atoms with van der Waals surface area (Å²) in [6, 6.07) is 12.3. The summed E-state index contributed by atoms with van der Waals surface area (Å²) < 4.78 is 0.745. The first kappa shape index (κ1) is 14.3. The van der Waals surface area contributed by atoms with Crippen molar-refractivity contribution in [2.45, 2.75) is 6.42 Å². The molecule has 0 fully saturated rings. The number of Topliss-reactive ketones (excluding diaryl/α,β-unsaturated/α-hetero) is 1. The molecule has 106 valence electrons. The summed E-state index contributed by atoms with van der Waals surface area (Å²) in [5.41, 5.74) is 1.77. The van der Waals surface area contributed by atoms with Gasteiger partial charge in [-0.05, 0) is 46.3 Å². The van der Waals surface area contributed by atoms with Gasteiger partial charge in [-0.25, -0.2) is 0 Å². The van der Waals surface area contributed by atoms with Crippen molar-refractivity contribution in [3.63, 3.8) is 0 Å². The summed E-state index contributed by atoms with van der Waals surface area (Å²) in [4.78, 5) is 26.2. The summed E-state index contributed by atoms with van der Waals surface area (Å²) >= 11 is 9.36. The molecule has 1 aliphatic rings. The van der Waals surface area contributed by atoms with Crippen molar-refractivity contribution in [2.75, 3.05) is 11.4 Å². The fourth-order valence-corrected chi connectivity index (χ4v) is 2.84. The number of para-hydroxylation sites is 1. The second-order valence-electron chi connectivity index (χ2n) is 4.78. The van der Waals surface area contributed by atoms with E-state index < -0.39 is 0 Å². The summed E-state index contributed by atoms with van der Waals surface area (Å²) in [7, 11) is 0. The van der Waals surface area contributed by atoms with Crippen LogP contribution in [0.4, 0.5) is 5.69 Å². The van der Waals surface area contributed by atoms with Gasteiger partial charge >= 0.3 is 0 Å². The molecule has 1 amide bonds. The molecule has 0 atom stereocenters. The molecular weight excluding hydrogens is 354 g/mol. The third kappa shape index (κ3) is 2.61. The van der Waals surface area contributed by atoms with E-state index in [0.29, 0.717) is 34.8 Å². The maximum atomic E-state index is 12.7. The molecule has 3 nitrogen and oxygen atoms in total. The fourth-order valence-electron chi connectivity index (χ4n) is 2.41. The topological polar surface area (TPSA) is 37.4 Å². The number of halogens is 2. The Kier molecular flexibility index (Phi) is 3.83. The van der Waals surface area contributed by atoms with Gasteiger partial charge in [0.2, 0.25) is 0 Å². The highest BCUT2D eigenvalue weighted by molar-refractivity contribution is 9.10. The summed E-state index contributed by atoms with van der Waals surface area (Å²) in [5.74, 6) is -0.0761. The lowest BCUT2D eigenvalue weighted by Gasteiger charge is -2.28. The van der Waals surface area contributed by atoms with E-state index in [-0.39, 0.29) is 11.7 Å². The van der Waals surface area contributed by atoms with Crippen LogP contribution in [0.2, 0.25) is 5.02 Å². The third-order valence-corrected chi connectivity index (χ3v) is 4.70. The number of rotatable bonds is 1. The predicted octanol–water partition coefficient (Wildman–Crippen LogP) is 4.34. The van der Waals surface area contributed by atoms with Gasteiger partial charge in [-0.2, -0.15) is 0 Å². The number of hydrogen-bond donors (Lipinski definition) is 0. The van der Waals surface area contributed by atoms with E-state index in [9.17, 15) is 9.59 Å². The quantitative estimate of drug-likeness (QED) is 0.755. The van der Waals surface area contributed by atoms with Crippen molar-refractivity contribution < 1.29 is 9.59 Å². The minimum absolute atomic E-state index is 0.0727. The van der Waals surface area contributed by atoms with Crippen LogP contribution in [-0.4, -0.2) is 18.2 Å². The van der Waals surface area contributed by atoms with Crippen molar-refractivity contribution in [1.82, 2.24) is 0 Å². The van der Waals surface area contributed by atoms with Gasteiger partial charge < -0.3 is 4.90 Å². The third-order valence-electron chi connectivity index (χ3n) is 3.47. The molecular formula is C16H11BrClNO2. The molecule has 0 bridgehead atoms. The van der Waals surface area contributed by atoms with Crippen LogP contribution in [0.1, 0.15) is 27.1 Å². The molecule has 0 N–H and O–H groups in total. The fraction of sp³-hybridized carbons (Fsp3) is 0.125. The Balaban J connectivity index is 2.01. The normalized spacial score (nSPS) is 14.0. The Morgan fingerprint density at radius 3 is 2.71 bits per heavy atom. The van der Waals surface area contributed by atoms with Gasteiger partial charge in [-0.1, -0.05) is 23.7 Å². The number of fused-ring (bicyclic) bond motifs is 1. The van der Waals surface area contributed by atoms with E-state index in [4.69, 9.17) is 11.6 Å². The summed E-state index contributed by atoms with van der Waals surface area (Å²) in [5, 5.41) is 0.488. The Morgan fingerprint density at radius 1 is 1.19 bits per heavy atom. The van der Waals surface area contributed by atoms with Crippen molar-refractivity contribution in [3.8, 4) is 0 Å². The number of hydrogen-bond acceptors (Lipinski definition) is 2. The zero-order chi connectivity index (χ0) is 15.0. The second kappa shape index (κ2) is 5.62. The molecule has 0 aromatic heterocycles. The zero-order valence-electron chi connectivity index (χ0n) is 11.0. The van der Waals surface area contributed by atoms with E-state index in [1.807, 2.05) is 6.07 Å². The number of amides is 1. The number of anilines is 1. The first-order chi connectivity index (χ1) is 10.1. The number of carbonyl (C=O) groups excluding carboxylic acids is 2. The molecule has 1 aliphatic heterocycles. The molecule has 2 aromatic rings. The molecule has 0 radical (unpaired) electrons. The minimum Gasteiger partial charge on any atom is -0.307 e. The molecule has 0 unspecified atom stereocenters. The van der Waals surface area contributed by atoms with Gasteiger partial charge in [0.25, 0.3) is 5.91 Å². The highest BCUT2D eigenvalue weighted by atomic mass is 79.9. The van der Waals surface area contributed by atoms with Crippen LogP contribution in [0.3, 0.4) is 0 Å². The Labute approximate surface area is 135 Å². The molecule has 0 saturated heterocycles. The molecule has 1 heterocycles. The average molecular weight is 365 g/mol. The lowest BCUT2D eigenvalue weighted by molar-refractivity contribution is 0.0955. The zero-order valence-corrected chi connectivity index (χ0v) is 13.3. The van der Waals surface area contributed by atoms with Crippen molar-refractivity contribution in [1.29, 1.82) is 0 Å². The molecule has 3 rings (SSSR count). The Bertz CT molecular complexity index is 745. The molecule has 5 heteroatoms. The molecule has 0 saturated carbocycles. The highest BCUT2D eigenvalue weighted by Gasteiger charge is 2.27.